The van der Waals surface area contributed by atoms with Crippen molar-refractivity contribution in [3.05, 3.63) is 64.7 Å². The Kier molecular flexibility index (Phi) is 1.99. The molecule has 0 radical (unpaired) electrons. The van der Waals surface area contributed by atoms with Gasteiger partial charge in [0, 0.05) is 0 Å². The van der Waals surface area contributed by atoms with E-state index >= 15 is 0 Å². The summed E-state index contributed by atoms with van der Waals surface area (Å²) in [6, 6.07) is 8.94. The third kappa shape index (κ3) is 1.31. The van der Waals surface area contributed by atoms with Crippen LogP contribution in [0.4, 0.5) is 0 Å². The highest BCUT2D eigenvalue weighted by Crippen LogP contribution is 2.56. The van der Waals surface area contributed by atoms with Crippen LogP contribution in [0.3, 0.4) is 0 Å². The average Bonchev–Trinajstić information content (AvgIpc) is 3.29. The summed E-state index contributed by atoms with van der Waals surface area (Å²) in [6.45, 7) is 0. The first-order valence-electron chi connectivity index (χ1n) is 7.53. The maximum atomic E-state index is 2.42. The van der Waals surface area contributed by atoms with Crippen molar-refractivity contribution >= 4 is 29.0 Å². The standard InChI is InChI=1S/C20H16/c1-2-6-14-15-8-4-5-9-17(15)20-18(16(14)7-3-1)11-10-13-12-19(13)20/h2-11,13,19H,1,12H2. The summed E-state index contributed by atoms with van der Waals surface area (Å²) < 4.78 is 0. The van der Waals surface area contributed by atoms with Crippen LogP contribution in [-0.4, -0.2) is 0 Å². The third-order valence-electron chi connectivity index (χ3n) is 4.94. The van der Waals surface area contributed by atoms with Crippen molar-refractivity contribution in [1.29, 1.82) is 0 Å². The Balaban J connectivity index is 2.00. The molecule has 96 valence electrons. The van der Waals surface area contributed by atoms with Crippen molar-refractivity contribution in [1.82, 2.24) is 0 Å². The van der Waals surface area contributed by atoms with Gasteiger partial charge in [0.25, 0.3) is 0 Å². The lowest BCUT2D eigenvalue weighted by atomic mass is 9.84. The molecule has 3 aliphatic carbocycles. The van der Waals surface area contributed by atoms with Gasteiger partial charge in [-0.1, -0.05) is 60.7 Å². The molecule has 0 aromatic heterocycles. The van der Waals surface area contributed by atoms with E-state index in [9.17, 15) is 0 Å². The fraction of sp³-hybridized carbons (Fsp3) is 0.200. The molecule has 5 rings (SSSR count). The van der Waals surface area contributed by atoms with Gasteiger partial charge >= 0.3 is 0 Å². The van der Waals surface area contributed by atoms with E-state index in [1.807, 2.05) is 0 Å². The summed E-state index contributed by atoms with van der Waals surface area (Å²) in [6.07, 6.45) is 16.4. The van der Waals surface area contributed by atoms with Gasteiger partial charge in [-0.05, 0) is 57.7 Å². The molecule has 2 atom stereocenters. The van der Waals surface area contributed by atoms with Crippen LogP contribution in [0.5, 0.6) is 0 Å². The van der Waals surface area contributed by atoms with Gasteiger partial charge in [0.15, 0.2) is 0 Å². The molecule has 0 amide bonds. The van der Waals surface area contributed by atoms with E-state index in [4.69, 9.17) is 0 Å². The molecule has 0 saturated heterocycles. The largest absolute Gasteiger partial charge is 0.0802 e. The Labute approximate surface area is 119 Å². The van der Waals surface area contributed by atoms with E-state index in [0.717, 1.165) is 18.3 Å². The summed E-state index contributed by atoms with van der Waals surface area (Å²) in [7, 11) is 0. The Hall–Kier alpha value is -2.08. The van der Waals surface area contributed by atoms with Crippen LogP contribution in [0, 0.1) is 5.92 Å². The molecule has 0 N–H and O–H groups in total. The van der Waals surface area contributed by atoms with Crippen LogP contribution in [0.25, 0.3) is 29.0 Å². The molecular formula is C20H16. The highest BCUT2D eigenvalue weighted by atomic mass is 14.4. The average molecular weight is 256 g/mol. The van der Waals surface area contributed by atoms with Gasteiger partial charge < -0.3 is 0 Å². The van der Waals surface area contributed by atoms with E-state index in [1.54, 1.807) is 5.56 Å². The maximum Gasteiger partial charge on any atom is -0.00805 e. The van der Waals surface area contributed by atoms with Crippen molar-refractivity contribution in [2.45, 2.75) is 18.8 Å². The van der Waals surface area contributed by atoms with E-state index in [0.29, 0.717) is 0 Å². The molecule has 2 aromatic rings. The van der Waals surface area contributed by atoms with Crippen molar-refractivity contribution in [2.75, 3.05) is 0 Å². The minimum atomic E-state index is 0.769. The zero-order chi connectivity index (χ0) is 13.1. The first-order chi connectivity index (χ1) is 9.93. The van der Waals surface area contributed by atoms with Gasteiger partial charge in [0.2, 0.25) is 0 Å². The van der Waals surface area contributed by atoms with E-state index in [-0.39, 0.29) is 0 Å². The van der Waals surface area contributed by atoms with Gasteiger partial charge in [0.05, 0.1) is 0 Å². The van der Waals surface area contributed by atoms with Crippen LogP contribution in [0.15, 0.2) is 42.5 Å². The van der Waals surface area contributed by atoms with Crippen molar-refractivity contribution in [3.8, 4) is 0 Å². The molecule has 1 saturated carbocycles. The van der Waals surface area contributed by atoms with Gasteiger partial charge in [-0.15, -0.1) is 0 Å². The fourth-order valence-electron chi connectivity index (χ4n) is 3.90. The number of benzene rings is 2. The molecule has 0 aliphatic heterocycles. The zero-order valence-electron chi connectivity index (χ0n) is 11.3. The molecule has 2 unspecified atom stereocenters. The Morgan fingerprint density at radius 2 is 1.60 bits per heavy atom. The minimum absolute atomic E-state index is 0.769. The van der Waals surface area contributed by atoms with Crippen LogP contribution in [0.1, 0.15) is 41.0 Å². The highest BCUT2D eigenvalue weighted by molar-refractivity contribution is 6.01. The lowest BCUT2D eigenvalue weighted by Crippen LogP contribution is -2.00. The van der Waals surface area contributed by atoms with Crippen LogP contribution < -0.4 is 0 Å². The number of fused-ring (bicyclic) bond motifs is 8. The summed E-state index contributed by atoms with van der Waals surface area (Å²) in [5, 5.41) is 2.89. The number of hydrogen-bond donors (Lipinski definition) is 0. The molecule has 0 spiro atoms. The molecule has 0 heteroatoms. The van der Waals surface area contributed by atoms with Crippen molar-refractivity contribution in [2.24, 2.45) is 5.92 Å². The van der Waals surface area contributed by atoms with E-state index in [2.05, 4.69) is 60.7 Å². The topological polar surface area (TPSA) is 0 Å². The molecular weight excluding hydrogens is 240 g/mol. The van der Waals surface area contributed by atoms with Crippen LogP contribution in [-0.2, 0) is 0 Å². The molecule has 0 bridgehead atoms. The molecule has 3 aliphatic rings. The second-order valence-electron chi connectivity index (χ2n) is 6.11. The SMILES string of the molecule is C1=Cc2c3c(c4ccccc4c2C=CC1)C1CC1C=C3. The lowest BCUT2D eigenvalue weighted by molar-refractivity contribution is 1.01. The molecule has 2 aromatic carbocycles. The van der Waals surface area contributed by atoms with Crippen molar-refractivity contribution < 1.29 is 0 Å². The predicted molar refractivity (Wildman–Crippen MR) is 86.5 cm³/mol. The smallest absolute Gasteiger partial charge is 0.00805 e. The highest BCUT2D eigenvalue weighted by Gasteiger charge is 2.41. The van der Waals surface area contributed by atoms with Crippen molar-refractivity contribution in [3.63, 3.8) is 0 Å². The quantitative estimate of drug-likeness (QED) is 0.592. The van der Waals surface area contributed by atoms with Gasteiger partial charge in [-0.25, -0.2) is 0 Å². The lowest BCUT2D eigenvalue weighted by Gasteiger charge is -2.19. The molecule has 20 heavy (non-hydrogen) atoms. The Morgan fingerprint density at radius 3 is 2.50 bits per heavy atom. The summed E-state index contributed by atoms with van der Waals surface area (Å²) >= 11 is 0. The number of allylic oxidation sites excluding steroid dienone is 3. The van der Waals surface area contributed by atoms with Crippen LogP contribution >= 0.6 is 0 Å². The second-order valence-corrected chi connectivity index (χ2v) is 6.11. The maximum absolute atomic E-state index is 2.42. The fourth-order valence-corrected chi connectivity index (χ4v) is 3.90. The predicted octanol–water partition coefficient (Wildman–Crippen LogP) is 5.40. The first-order valence-corrected chi connectivity index (χ1v) is 7.53. The summed E-state index contributed by atoms with van der Waals surface area (Å²) in [4.78, 5) is 0. The monoisotopic (exact) mass is 256 g/mol. The van der Waals surface area contributed by atoms with Crippen LogP contribution in [0.2, 0.25) is 0 Å². The normalized spacial score (nSPS) is 25.0. The number of rotatable bonds is 0. The molecule has 0 nitrogen and oxygen atoms in total. The summed E-state index contributed by atoms with van der Waals surface area (Å²) in [5.74, 6) is 1.57. The van der Waals surface area contributed by atoms with Gasteiger partial charge in [-0.2, -0.15) is 0 Å². The molecule has 1 fully saturated rings. The van der Waals surface area contributed by atoms with E-state index < -0.39 is 0 Å². The Bertz CT molecular complexity index is 818. The van der Waals surface area contributed by atoms with E-state index in [1.165, 1.54) is 33.9 Å². The third-order valence-corrected chi connectivity index (χ3v) is 4.94. The first kappa shape index (κ1) is 10.7. The van der Waals surface area contributed by atoms with Gasteiger partial charge in [0.1, 0.15) is 0 Å². The molecule has 0 heterocycles. The zero-order valence-corrected chi connectivity index (χ0v) is 11.3. The summed E-state index contributed by atoms with van der Waals surface area (Å²) in [5.41, 5.74) is 5.90. The second kappa shape index (κ2) is 3.73. The minimum Gasteiger partial charge on any atom is -0.0802 e. The van der Waals surface area contributed by atoms with Gasteiger partial charge in [-0.3, -0.25) is 0 Å². The Morgan fingerprint density at radius 1 is 0.800 bits per heavy atom. The number of hydrogen-bond acceptors (Lipinski definition) is 0.